The van der Waals surface area contributed by atoms with Crippen LogP contribution in [0, 0.1) is 0 Å². The van der Waals surface area contributed by atoms with Gasteiger partial charge in [-0.1, -0.05) is 6.42 Å². The molecular formula is C14H28N2O2. The number of carbonyl (C=O) groups is 1. The molecule has 18 heavy (non-hydrogen) atoms. The third-order valence-corrected chi connectivity index (χ3v) is 3.58. The van der Waals surface area contributed by atoms with Crippen LogP contribution >= 0.6 is 0 Å². The fourth-order valence-corrected chi connectivity index (χ4v) is 2.31. The van der Waals surface area contributed by atoms with Crippen molar-refractivity contribution in [1.29, 1.82) is 0 Å². The van der Waals surface area contributed by atoms with Crippen LogP contribution in [0.25, 0.3) is 0 Å². The Balaban J connectivity index is 2.07. The number of amides is 1. The molecule has 1 fully saturated rings. The summed E-state index contributed by atoms with van der Waals surface area (Å²) in [5, 5.41) is 0. The second-order valence-corrected chi connectivity index (χ2v) is 5.19. The molecule has 0 radical (unpaired) electrons. The Kier molecular flexibility index (Phi) is 8.01. The van der Waals surface area contributed by atoms with E-state index in [1.807, 2.05) is 11.9 Å². The molecule has 0 aromatic carbocycles. The van der Waals surface area contributed by atoms with E-state index in [9.17, 15) is 4.79 Å². The summed E-state index contributed by atoms with van der Waals surface area (Å²) in [7, 11) is 1.90. The van der Waals surface area contributed by atoms with E-state index in [2.05, 4.69) is 0 Å². The molecule has 0 bridgehead atoms. The van der Waals surface area contributed by atoms with E-state index in [1.165, 1.54) is 12.8 Å². The van der Waals surface area contributed by atoms with Crippen LogP contribution in [0.15, 0.2) is 0 Å². The summed E-state index contributed by atoms with van der Waals surface area (Å²) in [6.45, 7) is 2.47. The summed E-state index contributed by atoms with van der Waals surface area (Å²) in [6.07, 6.45) is 8.57. The maximum Gasteiger partial charge on any atom is 0.222 e. The highest BCUT2D eigenvalue weighted by atomic mass is 16.5. The first-order chi connectivity index (χ1) is 8.74. The summed E-state index contributed by atoms with van der Waals surface area (Å²) in [5.74, 6) is 0.247. The van der Waals surface area contributed by atoms with Gasteiger partial charge in [-0.3, -0.25) is 4.79 Å². The van der Waals surface area contributed by atoms with E-state index in [0.717, 1.165) is 51.8 Å². The van der Waals surface area contributed by atoms with E-state index >= 15 is 0 Å². The van der Waals surface area contributed by atoms with Gasteiger partial charge in [-0.25, -0.2) is 0 Å². The zero-order valence-electron chi connectivity index (χ0n) is 11.7. The van der Waals surface area contributed by atoms with E-state index in [1.54, 1.807) is 0 Å². The first-order valence-corrected chi connectivity index (χ1v) is 7.29. The van der Waals surface area contributed by atoms with Crippen molar-refractivity contribution in [2.45, 2.75) is 57.5 Å². The predicted octanol–water partition coefficient (Wildman–Crippen LogP) is 1.92. The van der Waals surface area contributed by atoms with Gasteiger partial charge in [0.05, 0.1) is 6.10 Å². The maximum atomic E-state index is 11.9. The minimum atomic E-state index is 0.247. The number of carbonyl (C=O) groups excluding carboxylic acids is 1. The normalized spacial score (nSPS) is 19.8. The van der Waals surface area contributed by atoms with Crippen molar-refractivity contribution in [2.75, 3.05) is 26.7 Å². The van der Waals surface area contributed by atoms with Crippen molar-refractivity contribution in [3.63, 3.8) is 0 Å². The van der Waals surface area contributed by atoms with E-state index in [-0.39, 0.29) is 5.91 Å². The molecule has 1 saturated heterocycles. The number of rotatable bonds is 8. The fourth-order valence-electron chi connectivity index (χ4n) is 2.31. The number of nitrogens with two attached hydrogens (primary N) is 1. The number of nitrogens with zero attached hydrogens (tertiary/aromatic N) is 1. The third-order valence-electron chi connectivity index (χ3n) is 3.58. The average Bonchev–Trinajstić information content (AvgIpc) is 2.42. The first kappa shape index (κ1) is 15.4. The van der Waals surface area contributed by atoms with Crippen LogP contribution in [0.5, 0.6) is 0 Å². The Hall–Kier alpha value is -0.610. The highest BCUT2D eigenvalue weighted by molar-refractivity contribution is 5.75. The van der Waals surface area contributed by atoms with Crippen LogP contribution in [0.2, 0.25) is 0 Å². The highest BCUT2D eigenvalue weighted by Crippen LogP contribution is 2.17. The van der Waals surface area contributed by atoms with E-state index in [4.69, 9.17) is 10.5 Å². The lowest BCUT2D eigenvalue weighted by Gasteiger charge is -2.23. The molecule has 4 heteroatoms. The van der Waals surface area contributed by atoms with Gasteiger partial charge >= 0.3 is 0 Å². The Bertz CT molecular complexity index is 228. The van der Waals surface area contributed by atoms with Crippen molar-refractivity contribution in [3.05, 3.63) is 0 Å². The lowest BCUT2D eigenvalue weighted by molar-refractivity contribution is -0.131. The van der Waals surface area contributed by atoms with Crippen molar-refractivity contribution in [1.82, 2.24) is 4.90 Å². The molecule has 1 aliphatic rings. The summed E-state index contributed by atoms with van der Waals surface area (Å²) < 4.78 is 5.64. The van der Waals surface area contributed by atoms with Crippen LogP contribution in [-0.2, 0) is 9.53 Å². The molecule has 1 heterocycles. The van der Waals surface area contributed by atoms with Crippen LogP contribution < -0.4 is 5.73 Å². The van der Waals surface area contributed by atoms with Crippen LogP contribution in [-0.4, -0.2) is 43.7 Å². The van der Waals surface area contributed by atoms with Gasteiger partial charge in [-0.05, 0) is 45.1 Å². The van der Waals surface area contributed by atoms with Crippen LogP contribution in [0.3, 0.4) is 0 Å². The minimum Gasteiger partial charge on any atom is -0.378 e. The Morgan fingerprint density at radius 2 is 2.17 bits per heavy atom. The molecule has 4 nitrogen and oxygen atoms in total. The smallest absolute Gasteiger partial charge is 0.222 e. The number of hydrogen-bond acceptors (Lipinski definition) is 3. The van der Waals surface area contributed by atoms with Gasteiger partial charge in [0.1, 0.15) is 0 Å². The molecule has 1 atom stereocenters. The topological polar surface area (TPSA) is 55.6 Å². The molecule has 0 saturated carbocycles. The zero-order chi connectivity index (χ0) is 13.2. The van der Waals surface area contributed by atoms with Gasteiger partial charge in [-0.15, -0.1) is 0 Å². The SMILES string of the molecule is CN(CCCCCN)C(=O)CCC1CCCCO1. The number of hydrogen-bond donors (Lipinski definition) is 1. The minimum absolute atomic E-state index is 0.247. The fraction of sp³-hybridized carbons (Fsp3) is 0.929. The molecule has 0 aliphatic carbocycles. The van der Waals surface area contributed by atoms with Gasteiger partial charge in [0.25, 0.3) is 0 Å². The molecule has 0 aromatic rings. The van der Waals surface area contributed by atoms with E-state index < -0.39 is 0 Å². The Labute approximate surface area is 111 Å². The maximum absolute atomic E-state index is 11.9. The lowest BCUT2D eigenvalue weighted by atomic mass is 10.0. The number of ether oxygens (including phenoxy) is 1. The van der Waals surface area contributed by atoms with Gasteiger partial charge in [-0.2, -0.15) is 0 Å². The molecule has 0 aromatic heterocycles. The first-order valence-electron chi connectivity index (χ1n) is 7.29. The van der Waals surface area contributed by atoms with Crippen molar-refractivity contribution in [3.8, 4) is 0 Å². The van der Waals surface area contributed by atoms with Crippen molar-refractivity contribution in [2.24, 2.45) is 5.73 Å². The zero-order valence-corrected chi connectivity index (χ0v) is 11.7. The standard InChI is InChI=1S/C14H28N2O2/c1-16(11-5-2-4-10-15)14(17)9-8-13-7-3-6-12-18-13/h13H,2-12,15H2,1H3. The average molecular weight is 256 g/mol. The molecule has 1 rings (SSSR count). The largest absolute Gasteiger partial charge is 0.378 e. The monoisotopic (exact) mass is 256 g/mol. The van der Waals surface area contributed by atoms with Crippen LogP contribution in [0.1, 0.15) is 51.4 Å². The van der Waals surface area contributed by atoms with Gasteiger partial charge in [0.15, 0.2) is 0 Å². The van der Waals surface area contributed by atoms with Gasteiger partial charge in [0, 0.05) is 26.6 Å². The molecular weight excluding hydrogens is 228 g/mol. The predicted molar refractivity (Wildman–Crippen MR) is 73.4 cm³/mol. The third kappa shape index (κ3) is 6.36. The quantitative estimate of drug-likeness (QED) is 0.675. The second-order valence-electron chi connectivity index (χ2n) is 5.19. The molecule has 1 aliphatic heterocycles. The van der Waals surface area contributed by atoms with Gasteiger partial charge in [0.2, 0.25) is 5.91 Å². The van der Waals surface area contributed by atoms with Gasteiger partial charge < -0.3 is 15.4 Å². The molecule has 2 N–H and O–H groups in total. The second kappa shape index (κ2) is 9.34. The summed E-state index contributed by atoms with van der Waals surface area (Å²) in [4.78, 5) is 13.7. The van der Waals surface area contributed by atoms with Crippen molar-refractivity contribution >= 4 is 5.91 Å². The molecule has 106 valence electrons. The molecule has 1 amide bonds. The Morgan fingerprint density at radius 3 is 2.83 bits per heavy atom. The van der Waals surface area contributed by atoms with E-state index in [0.29, 0.717) is 12.5 Å². The summed E-state index contributed by atoms with van der Waals surface area (Å²) in [6, 6.07) is 0. The summed E-state index contributed by atoms with van der Waals surface area (Å²) in [5.41, 5.74) is 5.44. The molecule has 1 unspecified atom stereocenters. The summed E-state index contributed by atoms with van der Waals surface area (Å²) >= 11 is 0. The lowest BCUT2D eigenvalue weighted by Crippen LogP contribution is -2.29. The highest BCUT2D eigenvalue weighted by Gasteiger charge is 2.16. The Morgan fingerprint density at radius 1 is 1.33 bits per heavy atom. The molecule has 0 spiro atoms. The van der Waals surface area contributed by atoms with Crippen molar-refractivity contribution < 1.29 is 9.53 Å². The van der Waals surface area contributed by atoms with Crippen LogP contribution in [0.4, 0.5) is 0 Å². The number of unbranched alkanes of at least 4 members (excludes halogenated alkanes) is 2.